The molecule has 15 heavy (non-hydrogen) atoms. The first kappa shape index (κ1) is 14.9. The average molecular weight is 247 g/mol. The normalized spacial score (nSPS) is 16.3. The summed E-state index contributed by atoms with van der Waals surface area (Å²) >= 11 is 0. The van der Waals surface area contributed by atoms with Gasteiger partial charge in [-0.25, -0.2) is 0 Å². The first-order valence-electron chi connectivity index (χ1n) is 4.52. The summed E-state index contributed by atoms with van der Waals surface area (Å²) in [5.41, 5.74) is 4.98. The molecular weight excluding hydrogens is 231 g/mol. The first-order valence-corrected chi connectivity index (χ1v) is 6.01. The molecule has 92 valence electrons. The molecule has 0 fully saturated rings. The number of alkyl halides is 3. The van der Waals surface area contributed by atoms with Gasteiger partial charge in [0.1, 0.15) is 0 Å². The third kappa shape index (κ3) is 6.86. The van der Waals surface area contributed by atoms with Gasteiger partial charge >= 0.3 is 6.18 Å². The predicted molar refractivity (Wildman–Crippen MR) is 53.0 cm³/mol. The highest BCUT2D eigenvalue weighted by Crippen LogP contribution is 2.26. The lowest BCUT2D eigenvalue weighted by Gasteiger charge is -2.17. The molecule has 0 saturated carbocycles. The van der Waals surface area contributed by atoms with Crippen molar-refractivity contribution < 1.29 is 22.1 Å². The van der Waals surface area contributed by atoms with E-state index >= 15 is 0 Å². The molecule has 0 heterocycles. The Morgan fingerprint density at radius 3 is 2.47 bits per heavy atom. The Labute approximate surface area is 89.6 Å². The Balaban J connectivity index is 3.92. The highest BCUT2D eigenvalue weighted by Gasteiger charge is 2.39. The number of halogens is 3. The molecule has 0 aliphatic heterocycles. The number of methoxy groups -OCH3 is 1. The maximum absolute atomic E-state index is 12.2. The SMILES string of the molecule is COCCCS(=O)CC(CN)C(F)(F)F. The maximum atomic E-state index is 12.2. The lowest BCUT2D eigenvalue weighted by molar-refractivity contribution is -0.165. The smallest absolute Gasteiger partial charge is 0.385 e. The van der Waals surface area contributed by atoms with Crippen LogP contribution in [0.1, 0.15) is 6.42 Å². The molecule has 0 amide bonds. The first-order chi connectivity index (χ1) is 6.91. The Hall–Kier alpha value is -0.140. The summed E-state index contributed by atoms with van der Waals surface area (Å²) in [5.74, 6) is -1.86. The van der Waals surface area contributed by atoms with Crippen LogP contribution >= 0.6 is 0 Å². The lowest BCUT2D eigenvalue weighted by Crippen LogP contribution is -2.35. The van der Waals surface area contributed by atoms with Gasteiger partial charge in [0.15, 0.2) is 0 Å². The van der Waals surface area contributed by atoms with Crippen molar-refractivity contribution in [2.75, 3.05) is 31.8 Å². The quantitative estimate of drug-likeness (QED) is 0.680. The van der Waals surface area contributed by atoms with E-state index in [1.54, 1.807) is 0 Å². The Morgan fingerprint density at radius 2 is 2.07 bits per heavy atom. The molecule has 0 aromatic carbocycles. The minimum Gasteiger partial charge on any atom is -0.385 e. The summed E-state index contributed by atoms with van der Waals surface area (Å²) in [5, 5.41) is 0. The summed E-state index contributed by atoms with van der Waals surface area (Å²) < 4.78 is 52.6. The Kier molecular flexibility index (Phi) is 7.12. The van der Waals surface area contributed by atoms with Gasteiger partial charge in [-0.1, -0.05) is 0 Å². The summed E-state index contributed by atoms with van der Waals surface area (Å²) in [7, 11) is 0.00948. The Morgan fingerprint density at radius 1 is 1.47 bits per heavy atom. The average Bonchev–Trinajstić information content (AvgIpc) is 2.12. The number of ether oxygens (including phenoxy) is 1. The standard InChI is InChI=1S/C8H16F3NO2S/c1-14-3-2-4-15(13)6-7(5-12)8(9,10)11/h7H,2-6,12H2,1H3. The van der Waals surface area contributed by atoms with Gasteiger partial charge < -0.3 is 10.5 Å². The number of nitrogens with two attached hydrogens (primary N) is 1. The van der Waals surface area contributed by atoms with E-state index < -0.39 is 35.2 Å². The number of hydrogen-bond donors (Lipinski definition) is 1. The summed E-state index contributed by atoms with van der Waals surface area (Å²) in [4.78, 5) is 0. The molecule has 2 atom stereocenters. The highest BCUT2D eigenvalue weighted by atomic mass is 32.2. The zero-order valence-corrected chi connectivity index (χ0v) is 9.37. The van der Waals surface area contributed by atoms with Crippen molar-refractivity contribution in [3.63, 3.8) is 0 Å². The van der Waals surface area contributed by atoms with Crippen LogP contribution in [-0.2, 0) is 15.5 Å². The fourth-order valence-electron chi connectivity index (χ4n) is 0.968. The minimum absolute atomic E-state index is 0.223. The van der Waals surface area contributed by atoms with Crippen molar-refractivity contribution >= 4 is 10.8 Å². The molecule has 0 radical (unpaired) electrons. The molecule has 0 saturated heterocycles. The van der Waals surface area contributed by atoms with Crippen LogP contribution in [0.25, 0.3) is 0 Å². The molecule has 2 unspecified atom stereocenters. The van der Waals surface area contributed by atoms with Gasteiger partial charge in [0.05, 0.1) is 5.92 Å². The van der Waals surface area contributed by atoms with E-state index in [2.05, 4.69) is 0 Å². The second-order valence-corrected chi connectivity index (χ2v) is 4.75. The van der Waals surface area contributed by atoms with Crippen molar-refractivity contribution in [3.05, 3.63) is 0 Å². The molecule has 7 heteroatoms. The monoisotopic (exact) mass is 247 g/mol. The van der Waals surface area contributed by atoms with Gasteiger partial charge in [-0.15, -0.1) is 0 Å². The molecule has 0 aliphatic rings. The van der Waals surface area contributed by atoms with Gasteiger partial charge in [0.2, 0.25) is 0 Å². The number of rotatable bonds is 7. The van der Waals surface area contributed by atoms with E-state index in [-0.39, 0.29) is 5.75 Å². The van der Waals surface area contributed by atoms with Crippen LogP contribution < -0.4 is 5.73 Å². The zero-order valence-electron chi connectivity index (χ0n) is 8.55. The molecule has 0 spiro atoms. The molecule has 0 aromatic heterocycles. The van der Waals surface area contributed by atoms with Crippen molar-refractivity contribution in [1.82, 2.24) is 0 Å². The molecule has 0 aliphatic carbocycles. The van der Waals surface area contributed by atoms with E-state index in [9.17, 15) is 17.4 Å². The third-order valence-electron chi connectivity index (χ3n) is 1.85. The fourth-order valence-corrected chi connectivity index (χ4v) is 2.35. The highest BCUT2D eigenvalue weighted by molar-refractivity contribution is 7.84. The minimum atomic E-state index is -4.36. The molecule has 0 bridgehead atoms. The molecule has 0 rings (SSSR count). The third-order valence-corrected chi connectivity index (χ3v) is 3.37. The maximum Gasteiger partial charge on any atom is 0.393 e. The summed E-state index contributed by atoms with van der Waals surface area (Å²) in [6.45, 7) is -0.107. The zero-order chi connectivity index (χ0) is 11.9. The van der Waals surface area contributed by atoms with Crippen molar-refractivity contribution in [3.8, 4) is 0 Å². The summed E-state index contributed by atoms with van der Waals surface area (Å²) in [6, 6.07) is 0. The largest absolute Gasteiger partial charge is 0.393 e. The van der Waals surface area contributed by atoms with E-state index in [1.165, 1.54) is 7.11 Å². The van der Waals surface area contributed by atoms with Crippen molar-refractivity contribution in [2.45, 2.75) is 12.6 Å². The van der Waals surface area contributed by atoms with E-state index in [0.29, 0.717) is 13.0 Å². The molecule has 2 N–H and O–H groups in total. The molecule has 0 aromatic rings. The summed E-state index contributed by atoms with van der Waals surface area (Å²) in [6.07, 6.45) is -3.86. The second kappa shape index (κ2) is 7.19. The van der Waals surface area contributed by atoms with Crippen molar-refractivity contribution in [1.29, 1.82) is 0 Å². The lowest BCUT2D eigenvalue weighted by atomic mass is 10.2. The molecule has 3 nitrogen and oxygen atoms in total. The van der Waals surface area contributed by atoms with Crippen LogP contribution in [0.5, 0.6) is 0 Å². The van der Waals surface area contributed by atoms with Gasteiger partial charge in [0, 0.05) is 42.6 Å². The van der Waals surface area contributed by atoms with Gasteiger partial charge in [-0.3, -0.25) is 4.21 Å². The van der Waals surface area contributed by atoms with E-state index in [4.69, 9.17) is 10.5 Å². The Bertz CT molecular complexity index is 199. The van der Waals surface area contributed by atoms with Crippen LogP contribution in [0, 0.1) is 5.92 Å². The fraction of sp³-hybridized carbons (Fsp3) is 1.00. The van der Waals surface area contributed by atoms with Crippen LogP contribution in [0.2, 0.25) is 0 Å². The van der Waals surface area contributed by atoms with Crippen LogP contribution in [-0.4, -0.2) is 42.2 Å². The van der Waals surface area contributed by atoms with E-state index in [1.807, 2.05) is 0 Å². The van der Waals surface area contributed by atoms with Gasteiger partial charge in [-0.2, -0.15) is 13.2 Å². The van der Waals surface area contributed by atoms with Crippen molar-refractivity contribution in [2.24, 2.45) is 11.7 Å². The van der Waals surface area contributed by atoms with Crippen LogP contribution in [0.15, 0.2) is 0 Å². The molecular formula is C8H16F3NO2S. The van der Waals surface area contributed by atoms with E-state index in [0.717, 1.165) is 0 Å². The second-order valence-electron chi connectivity index (χ2n) is 3.13. The van der Waals surface area contributed by atoms with Crippen LogP contribution in [0.4, 0.5) is 13.2 Å². The van der Waals surface area contributed by atoms with Crippen LogP contribution in [0.3, 0.4) is 0 Å². The topological polar surface area (TPSA) is 52.3 Å². The number of hydrogen-bond acceptors (Lipinski definition) is 3. The predicted octanol–water partition coefficient (Wildman–Crippen LogP) is 0.909. The van der Waals surface area contributed by atoms with Gasteiger partial charge in [0.25, 0.3) is 0 Å². The van der Waals surface area contributed by atoms with Gasteiger partial charge in [-0.05, 0) is 6.42 Å².